The minimum Gasteiger partial charge on any atom is -0.357 e. The zero-order valence-electron chi connectivity index (χ0n) is 16.0. The van der Waals surface area contributed by atoms with Crippen LogP contribution in [-0.2, 0) is 13.1 Å². The van der Waals surface area contributed by atoms with Gasteiger partial charge in [0.1, 0.15) is 11.6 Å². The minimum atomic E-state index is -0.188. The summed E-state index contributed by atoms with van der Waals surface area (Å²) in [5, 5.41) is 6.44. The lowest BCUT2D eigenvalue weighted by molar-refractivity contribution is 0.615. The maximum Gasteiger partial charge on any atom is 0.191 e. The molecule has 1 heterocycles. The summed E-state index contributed by atoms with van der Waals surface area (Å²) in [6.45, 7) is 9.01. The van der Waals surface area contributed by atoms with Crippen LogP contribution >= 0.6 is 0 Å². The molecule has 0 saturated heterocycles. The first-order valence-electron chi connectivity index (χ1n) is 8.96. The van der Waals surface area contributed by atoms with Crippen LogP contribution < -0.4 is 15.5 Å². The first-order chi connectivity index (χ1) is 12.6. The zero-order valence-corrected chi connectivity index (χ0v) is 16.0. The molecular weight excluding hydrogens is 329 g/mol. The van der Waals surface area contributed by atoms with Crippen molar-refractivity contribution in [2.45, 2.75) is 33.9 Å². The highest BCUT2D eigenvalue weighted by Crippen LogP contribution is 2.11. The monoisotopic (exact) mass is 357 g/mol. The number of benzene rings is 1. The highest BCUT2D eigenvalue weighted by atomic mass is 19.1. The van der Waals surface area contributed by atoms with Crippen molar-refractivity contribution >= 4 is 11.8 Å². The van der Waals surface area contributed by atoms with E-state index in [1.807, 2.05) is 18.3 Å². The summed E-state index contributed by atoms with van der Waals surface area (Å²) < 4.78 is 13.6. The Kier molecular flexibility index (Phi) is 7.38. The fourth-order valence-electron chi connectivity index (χ4n) is 2.59. The lowest BCUT2D eigenvalue weighted by Gasteiger charge is -2.19. The average Bonchev–Trinajstić information content (AvgIpc) is 2.66. The normalized spacial score (nSPS) is 11.3. The second-order valence-electron chi connectivity index (χ2n) is 6.06. The number of nitrogens with zero attached hydrogens (tertiary/aromatic N) is 3. The maximum atomic E-state index is 13.6. The third-order valence-corrected chi connectivity index (χ3v) is 4.28. The maximum absolute atomic E-state index is 13.6. The molecule has 0 bridgehead atoms. The van der Waals surface area contributed by atoms with Crippen LogP contribution in [0, 0.1) is 12.7 Å². The van der Waals surface area contributed by atoms with Crippen molar-refractivity contribution < 1.29 is 4.39 Å². The molecule has 5 nitrogen and oxygen atoms in total. The van der Waals surface area contributed by atoms with Gasteiger partial charge in [-0.2, -0.15) is 0 Å². The highest BCUT2D eigenvalue weighted by Gasteiger charge is 2.04. The van der Waals surface area contributed by atoms with Crippen LogP contribution in [0.15, 0.2) is 41.5 Å². The van der Waals surface area contributed by atoms with E-state index in [0.29, 0.717) is 24.6 Å². The largest absolute Gasteiger partial charge is 0.357 e. The van der Waals surface area contributed by atoms with Crippen LogP contribution in [0.3, 0.4) is 0 Å². The van der Waals surface area contributed by atoms with E-state index < -0.39 is 0 Å². The van der Waals surface area contributed by atoms with E-state index in [1.54, 1.807) is 26.1 Å². The van der Waals surface area contributed by atoms with E-state index in [2.05, 4.69) is 45.4 Å². The standard InChI is InChI=1S/C20H28FN5/c1-5-26(6-2)19-10-9-17(13-23-19)14-25-20(22-4)24-12-16-8-7-15(3)18(21)11-16/h7-11,13H,5-6,12,14H2,1-4H3,(H2,22,24,25). The van der Waals surface area contributed by atoms with Gasteiger partial charge in [-0.15, -0.1) is 0 Å². The first-order valence-corrected chi connectivity index (χ1v) is 8.96. The van der Waals surface area contributed by atoms with Crippen molar-refractivity contribution in [2.24, 2.45) is 4.99 Å². The topological polar surface area (TPSA) is 52.5 Å². The van der Waals surface area contributed by atoms with Gasteiger partial charge < -0.3 is 15.5 Å². The van der Waals surface area contributed by atoms with Crippen molar-refractivity contribution in [2.75, 3.05) is 25.0 Å². The van der Waals surface area contributed by atoms with Gasteiger partial charge in [-0.3, -0.25) is 4.99 Å². The van der Waals surface area contributed by atoms with Crippen molar-refractivity contribution in [3.8, 4) is 0 Å². The summed E-state index contributed by atoms with van der Waals surface area (Å²) >= 11 is 0. The van der Waals surface area contributed by atoms with Crippen molar-refractivity contribution in [3.05, 3.63) is 59.0 Å². The Labute approximate surface area is 155 Å². The van der Waals surface area contributed by atoms with Crippen LogP contribution in [0.25, 0.3) is 0 Å². The number of aliphatic imine (C=N–C) groups is 1. The third kappa shape index (κ3) is 5.44. The quantitative estimate of drug-likeness (QED) is 0.590. The van der Waals surface area contributed by atoms with Gasteiger partial charge >= 0.3 is 0 Å². The summed E-state index contributed by atoms with van der Waals surface area (Å²) in [5.41, 5.74) is 2.60. The number of anilines is 1. The van der Waals surface area contributed by atoms with Gasteiger partial charge in [0, 0.05) is 39.4 Å². The second kappa shape index (κ2) is 9.75. The SMILES string of the molecule is CCN(CC)c1ccc(CNC(=NC)NCc2ccc(C)c(F)c2)cn1. The molecule has 6 heteroatoms. The summed E-state index contributed by atoms with van der Waals surface area (Å²) in [6.07, 6.45) is 1.88. The van der Waals surface area contributed by atoms with Crippen LogP contribution in [-0.4, -0.2) is 31.1 Å². The van der Waals surface area contributed by atoms with E-state index in [1.165, 1.54) is 0 Å². The minimum absolute atomic E-state index is 0.188. The van der Waals surface area contributed by atoms with E-state index in [-0.39, 0.29) is 5.82 Å². The molecule has 0 unspecified atom stereocenters. The highest BCUT2D eigenvalue weighted by molar-refractivity contribution is 5.79. The van der Waals surface area contributed by atoms with Crippen LogP contribution in [0.4, 0.5) is 10.2 Å². The van der Waals surface area contributed by atoms with E-state index >= 15 is 0 Å². The molecule has 0 fully saturated rings. The number of aryl methyl sites for hydroxylation is 1. The Balaban J connectivity index is 1.87. The van der Waals surface area contributed by atoms with Gasteiger partial charge in [-0.05, 0) is 49.6 Å². The molecule has 0 atom stereocenters. The molecule has 2 N–H and O–H groups in total. The lowest BCUT2D eigenvalue weighted by Crippen LogP contribution is -2.36. The smallest absolute Gasteiger partial charge is 0.191 e. The molecule has 0 radical (unpaired) electrons. The molecule has 0 aliphatic heterocycles. The molecule has 0 spiro atoms. The Morgan fingerprint density at radius 1 is 1.08 bits per heavy atom. The number of hydrogen-bond donors (Lipinski definition) is 2. The molecule has 0 saturated carbocycles. The van der Waals surface area contributed by atoms with Crippen molar-refractivity contribution in [3.63, 3.8) is 0 Å². The zero-order chi connectivity index (χ0) is 18.9. The fourth-order valence-corrected chi connectivity index (χ4v) is 2.59. The van der Waals surface area contributed by atoms with Crippen molar-refractivity contribution in [1.29, 1.82) is 0 Å². The Morgan fingerprint density at radius 3 is 2.27 bits per heavy atom. The molecule has 2 aromatic rings. The average molecular weight is 357 g/mol. The van der Waals surface area contributed by atoms with Gasteiger partial charge in [-0.1, -0.05) is 18.2 Å². The predicted molar refractivity (Wildman–Crippen MR) is 106 cm³/mol. The number of pyridine rings is 1. The second-order valence-corrected chi connectivity index (χ2v) is 6.06. The Hall–Kier alpha value is -2.63. The Morgan fingerprint density at radius 2 is 1.73 bits per heavy atom. The van der Waals surface area contributed by atoms with E-state index in [0.717, 1.165) is 30.0 Å². The molecule has 0 amide bonds. The molecule has 2 rings (SSSR count). The van der Waals surface area contributed by atoms with Crippen LogP contribution in [0.1, 0.15) is 30.5 Å². The molecule has 1 aromatic carbocycles. The van der Waals surface area contributed by atoms with Crippen LogP contribution in [0.2, 0.25) is 0 Å². The number of guanidine groups is 1. The molecular formula is C20H28FN5. The van der Waals surface area contributed by atoms with Crippen molar-refractivity contribution in [1.82, 2.24) is 15.6 Å². The molecule has 1 aromatic heterocycles. The molecule has 0 aliphatic carbocycles. The number of hydrogen-bond acceptors (Lipinski definition) is 3. The van der Waals surface area contributed by atoms with E-state index in [4.69, 9.17) is 0 Å². The summed E-state index contributed by atoms with van der Waals surface area (Å²) in [5.74, 6) is 1.47. The first kappa shape index (κ1) is 19.7. The molecule has 140 valence electrons. The van der Waals surface area contributed by atoms with Gasteiger partial charge in [0.25, 0.3) is 0 Å². The van der Waals surface area contributed by atoms with E-state index in [9.17, 15) is 4.39 Å². The molecule has 26 heavy (non-hydrogen) atoms. The number of aromatic nitrogens is 1. The third-order valence-electron chi connectivity index (χ3n) is 4.28. The van der Waals surface area contributed by atoms with Gasteiger partial charge in [0.05, 0.1) is 0 Å². The van der Waals surface area contributed by atoms with Crippen LogP contribution in [0.5, 0.6) is 0 Å². The molecule has 0 aliphatic rings. The predicted octanol–water partition coefficient (Wildman–Crippen LogP) is 3.24. The Bertz CT molecular complexity index is 723. The van der Waals surface area contributed by atoms with Gasteiger partial charge in [0.15, 0.2) is 5.96 Å². The summed E-state index contributed by atoms with van der Waals surface area (Å²) in [7, 11) is 1.72. The summed E-state index contributed by atoms with van der Waals surface area (Å²) in [4.78, 5) is 10.9. The lowest BCUT2D eigenvalue weighted by atomic mass is 10.1. The number of rotatable bonds is 7. The van der Waals surface area contributed by atoms with Gasteiger partial charge in [-0.25, -0.2) is 9.37 Å². The summed E-state index contributed by atoms with van der Waals surface area (Å²) in [6, 6.07) is 9.34. The number of nitrogens with one attached hydrogen (secondary N) is 2. The fraction of sp³-hybridized carbons (Fsp3) is 0.400. The van der Waals surface area contributed by atoms with Gasteiger partial charge in [0.2, 0.25) is 0 Å². The number of halogens is 1.